The van der Waals surface area contributed by atoms with Gasteiger partial charge in [-0.1, -0.05) is 0 Å². The number of rotatable bonds is 4. The maximum atomic E-state index is 2.66. The van der Waals surface area contributed by atoms with Gasteiger partial charge >= 0.3 is 7.87 Å². The van der Waals surface area contributed by atoms with Crippen molar-refractivity contribution >= 4 is 7.87 Å². The molecule has 7 heteroatoms. The Kier molecular flexibility index (Phi) is 7.55. The molecule has 0 aromatic heterocycles. The second-order valence-corrected chi connectivity index (χ2v) is 9.37. The van der Waals surface area contributed by atoms with Crippen LogP contribution in [0.3, 0.4) is 0 Å². The predicted molar refractivity (Wildman–Crippen MR) is 77.1 cm³/mol. The van der Waals surface area contributed by atoms with Crippen molar-refractivity contribution in [2.75, 3.05) is 75.5 Å². The SMILES string of the molecule is CN1CCN([P+](N(C)C)(N(C)C)N(C)C)CC1.[Cl-]. The lowest BCUT2D eigenvalue weighted by molar-refractivity contribution is -0.00000403. The molecule has 0 atom stereocenters. The second-order valence-electron chi connectivity index (χ2n) is 5.34. The molecule has 1 heterocycles. The van der Waals surface area contributed by atoms with Crippen LogP contribution in [0.4, 0.5) is 0 Å². The van der Waals surface area contributed by atoms with Crippen molar-refractivity contribution in [3.05, 3.63) is 0 Å². The fraction of sp³-hybridized carbons (Fsp3) is 1.00. The minimum Gasteiger partial charge on any atom is -1.00 e. The first kappa shape index (κ1) is 18.5. The summed E-state index contributed by atoms with van der Waals surface area (Å²) in [7, 11) is 13.9. The van der Waals surface area contributed by atoms with Gasteiger partial charge in [0.2, 0.25) is 0 Å². The summed E-state index contributed by atoms with van der Waals surface area (Å²) in [6.07, 6.45) is 0. The van der Waals surface area contributed by atoms with Crippen molar-refractivity contribution in [1.29, 1.82) is 0 Å². The average molecular weight is 298 g/mol. The van der Waals surface area contributed by atoms with Gasteiger partial charge in [-0.2, -0.15) is 0 Å². The molecule has 1 saturated heterocycles. The number of hydrogen-bond acceptors (Lipinski definition) is 5. The van der Waals surface area contributed by atoms with Crippen LogP contribution in [0, 0.1) is 0 Å². The molecule has 0 aliphatic carbocycles. The molecule has 18 heavy (non-hydrogen) atoms. The van der Waals surface area contributed by atoms with Crippen molar-refractivity contribution in [2.24, 2.45) is 0 Å². The quantitative estimate of drug-likeness (QED) is 0.536. The first-order valence-corrected chi connectivity index (χ1v) is 7.80. The number of nitrogens with zero attached hydrogens (tertiary/aromatic N) is 5. The molecule has 0 aromatic carbocycles. The van der Waals surface area contributed by atoms with E-state index in [2.05, 4.69) is 72.9 Å². The van der Waals surface area contributed by atoms with Crippen LogP contribution in [0.15, 0.2) is 0 Å². The van der Waals surface area contributed by atoms with E-state index in [9.17, 15) is 0 Å². The van der Waals surface area contributed by atoms with Crippen LogP contribution in [0.2, 0.25) is 0 Å². The maximum absolute atomic E-state index is 2.66. The molecule has 1 fully saturated rings. The molecule has 0 saturated carbocycles. The molecule has 1 aliphatic rings. The Morgan fingerprint density at radius 1 is 0.722 bits per heavy atom. The Bertz CT molecular complexity index is 220. The molecule has 110 valence electrons. The summed E-state index contributed by atoms with van der Waals surface area (Å²) >= 11 is 0. The highest BCUT2D eigenvalue weighted by atomic mass is 35.5. The zero-order chi connectivity index (χ0) is 13.2. The Balaban J connectivity index is 0.00000289. The van der Waals surface area contributed by atoms with E-state index >= 15 is 0 Å². The van der Waals surface area contributed by atoms with E-state index < -0.39 is 7.87 Å². The van der Waals surface area contributed by atoms with Gasteiger partial charge in [-0.25, -0.2) is 0 Å². The zero-order valence-corrected chi connectivity index (χ0v) is 14.5. The van der Waals surface area contributed by atoms with E-state index in [1.54, 1.807) is 0 Å². The topological polar surface area (TPSA) is 16.2 Å². The third kappa shape index (κ3) is 3.34. The summed E-state index contributed by atoms with van der Waals surface area (Å²) < 4.78 is 9.86. The third-order valence-electron chi connectivity index (χ3n) is 3.47. The molecule has 0 spiro atoms. The first-order valence-electron chi connectivity index (χ1n) is 6.20. The first-order chi connectivity index (χ1) is 7.83. The van der Waals surface area contributed by atoms with E-state index in [4.69, 9.17) is 0 Å². The standard InChI is InChI=1S/C11H29N5P.ClH/c1-12(2)17(13(3)4,14(5)6)16-10-8-15(7)9-11-16;/h8-11H2,1-7H3;1H/q+1;/p-1. The molecule has 0 unspecified atom stereocenters. The summed E-state index contributed by atoms with van der Waals surface area (Å²) in [4.78, 5) is 2.41. The molecule has 1 rings (SSSR count). The van der Waals surface area contributed by atoms with Crippen molar-refractivity contribution < 1.29 is 12.4 Å². The zero-order valence-electron chi connectivity index (χ0n) is 12.9. The summed E-state index contributed by atoms with van der Waals surface area (Å²) in [5, 5.41) is 0. The fourth-order valence-corrected chi connectivity index (χ4v) is 7.28. The maximum Gasteiger partial charge on any atom is 0.307 e. The molecule has 0 bridgehead atoms. The summed E-state index contributed by atoms with van der Waals surface area (Å²) in [5.41, 5.74) is 0. The minimum absolute atomic E-state index is 0. The lowest BCUT2D eigenvalue weighted by Gasteiger charge is -2.47. The van der Waals surface area contributed by atoms with E-state index in [1.165, 1.54) is 0 Å². The minimum atomic E-state index is -1.51. The number of hydrogen-bond donors (Lipinski definition) is 0. The number of halogens is 1. The Morgan fingerprint density at radius 3 is 1.33 bits per heavy atom. The third-order valence-corrected chi connectivity index (χ3v) is 7.85. The highest BCUT2D eigenvalue weighted by Crippen LogP contribution is 2.66. The molecular weight excluding hydrogens is 269 g/mol. The van der Waals surface area contributed by atoms with Gasteiger partial charge in [0.1, 0.15) is 0 Å². The summed E-state index contributed by atoms with van der Waals surface area (Å²) in [6, 6.07) is 0. The van der Waals surface area contributed by atoms with Crippen molar-refractivity contribution in [3.63, 3.8) is 0 Å². The lowest BCUT2D eigenvalue weighted by Crippen LogP contribution is -3.00. The van der Waals surface area contributed by atoms with Gasteiger partial charge in [0.15, 0.2) is 0 Å². The van der Waals surface area contributed by atoms with Crippen molar-refractivity contribution in [3.8, 4) is 0 Å². The molecule has 1 aliphatic heterocycles. The summed E-state index contributed by atoms with van der Waals surface area (Å²) in [6.45, 7) is 4.63. The summed E-state index contributed by atoms with van der Waals surface area (Å²) in [5.74, 6) is 0. The normalized spacial score (nSPS) is 19.7. The van der Waals surface area contributed by atoms with Crippen molar-refractivity contribution in [1.82, 2.24) is 23.6 Å². The highest BCUT2D eigenvalue weighted by Gasteiger charge is 2.54. The highest BCUT2D eigenvalue weighted by molar-refractivity contribution is 7.66. The van der Waals surface area contributed by atoms with Gasteiger partial charge in [0, 0.05) is 55.4 Å². The van der Waals surface area contributed by atoms with Crippen LogP contribution in [0.25, 0.3) is 0 Å². The number of likely N-dealkylation sites (N-methyl/N-ethyl adjacent to an activating group) is 1. The monoisotopic (exact) mass is 297 g/mol. The van der Waals surface area contributed by atoms with Crippen LogP contribution in [-0.4, -0.2) is 99.1 Å². The van der Waals surface area contributed by atoms with Crippen LogP contribution < -0.4 is 12.4 Å². The van der Waals surface area contributed by atoms with E-state index in [-0.39, 0.29) is 12.4 Å². The average Bonchev–Trinajstić information content (AvgIpc) is 2.20. The van der Waals surface area contributed by atoms with E-state index in [0.717, 1.165) is 26.2 Å². The number of piperazine rings is 1. The predicted octanol–water partition coefficient (Wildman–Crippen LogP) is -2.40. The van der Waals surface area contributed by atoms with E-state index in [1.807, 2.05) is 0 Å². The van der Waals surface area contributed by atoms with Gasteiger partial charge in [-0.05, 0) is 7.05 Å². The van der Waals surface area contributed by atoms with Gasteiger partial charge in [-0.3, -0.25) is 0 Å². The van der Waals surface area contributed by atoms with E-state index in [0.29, 0.717) is 0 Å². The molecule has 0 radical (unpaired) electrons. The Labute approximate surface area is 120 Å². The van der Waals surface area contributed by atoms with Gasteiger partial charge in [0.25, 0.3) is 0 Å². The Morgan fingerprint density at radius 2 is 1.06 bits per heavy atom. The van der Waals surface area contributed by atoms with Crippen LogP contribution in [0.1, 0.15) is 0 Å². The molecular formula is C11H29ClN5P. The molecule has 0 amide bonds. The van der Waals surface area contributed by atoms with Crippen LogP contribution in [0.5, 0.6) is 0 Å². The fourth-order valence-electron chi connectivity index (χ4n) is 2.90. The Hall–Kier alpha value is 0.520. The van der Waals surface area contributed by atoms with Gasteiger partial charge in [0.05, 0.1) is 13.1 Å². The van der Waals surface area contributed by atoms with Crippen molar-refractivity contribution in [2.45, 2.75) is 0 Å². The lowest BCUT2D eigenvalue weighted by atomic mass is 10.4. The molecule has 0 N–H and O–H groups in total. The van der Waals surface area contributed by atoms with Gasteiger partial charge in [-0.15, -0.1) is 18.7 Å². The molecule has 5 nitrogen and oxygen atoms in total. The van der Waals surface area contributed by atoms with Crippen LogP contribution in [-0.2, 0) is 0 Å². The van der Waals surface area contributed by atoms with Gasteiger partial charge < -0.3 is 17.3 Å². The second kappa shape index (κ2) is 7.34. The molecule has 0 aromatic rings. The van der Waals surface area contributed by atoms with Crippen LogP contribution >= 0.6 is 7.87 Å². The smallest absolute Gasteiger partial charge is 0.307 e. The largest absolute Gasteiger partial charge is 1.00 e.